The summed E-state index contributed by atoms with van der Waals surface area (Å²) in [4.78, 5) is 12.1. The smallest absolute Gasteiger partial charge is 0.161 e. The average molecular weight is 266 g/mol. The molecule has 2 atom stereocenters. The van der Waals surface area contributed by atoms with E-state index in [1.165, 1.54) is 5.57 Å². The van der Waals surface area contributed by atoms with Crippen LogP contribution in [-0.4, -0.2) is 31.2 Å². The van der Waals surface area contributed by atoms with Gasteiger partial charge in [-0.1, -0.05) is 12.5 Å². The lowest BCUT2D eigenvalue weighted by Crippen LogP contribution is -2.39. The van der Waals surface area contributed by atoms with Gasteiger partial charge in [0.05, 0.1) is 18.3 Å². The number of ketones is 1. The maximum atomic E-state index is 12.1. The molecule has 0 aromatic heterocycles. The Bertz CT molecular complexity index is 403. The zero-order valence-electron chi connectivity index (χ0n) is 12.8. The Hall–Kier alpha value is -0.670. The number of hydrogen-bond acceptors (Lipinski definition) is 3. The molecule has 3 heteroatoms. The predicted molar refractivity (Wildman–Crippen MR) is 75.1 cm³/mol. The molecule has 19 heavy (non-hydrogen) atoms. The molecule has 0 spiro atoms. The van der Waals surface area contributed by atoms with Gasteiger partial charge in [0.15, 0.2) is 5.78 Å². The van der Waals surface area contributed by atoms with Crippen LogP contribution in [0.2, 0.25) is 0 Å². The van der Waals surface area contributed by atoms with E-state index in [9.17, 15) is 4.79 Å². The molecule has 0 radical (unpaired) electrons. The lowest BCUT2D eigenvalue weighted by molar-refractivity contribution is -0.120. The maximum Gasteiger partial charge on any atom is 0.161 e. The van der Waals surface area contributed by atoms with E-state index in [-0.39, 0.29) is 22.9 Å². The van der Waals surface area contributed by atoms with Gasteiger partial charge >= 0.3 is 0 Å². The largest absolute Gasteiger partial charge is 0.380 e. The molecular weight excluding hydrogens is 240 g/mol. The molecule has 0 aliphatic heterocycles. The van der Waals surface area contributed by atoms with Gasteiger partial charge in [0, 0.05) is 24.5 Å². The SMILES string of the molecule is COCC1=C2CCC(OC(C)(C)C)C2(C)CCC1=O. The van der Waals surface area contributed by atoms with E-state index in [0.29, 0.717) is 13.0 Å². The van der Waals surface area contributed by atoms with E-state index in [4.69, 9.17) is 9.47 Å². The van der Waals surface area contributed by atoms with E-state index in [1.54, 1.807) is 7.11 Å². The Morgan fingerprint density at radius 3 is 2.58 bits per heavy atom. The van der Waals surface area contributed by atoms with Crippen molar-refractivity contribution in [1.29, 1.82) is 0 Å². The summed E-state index contributed by atoms with van der Waals surface area (Å²) in [5.41, 5.74) is 2.09. The monoisotopic (exact) mass is 266 g/mol. The van der Waals surface area contributed by atoms with Crippen LogP contribution in [0.1, 0.15) is 53.4 Å². The Labute approximate surface area is 116 Å². The second-order valence-electron chi connectivity index (χ2n) is 6.99. The second kappa shape index (κ2) is 5.02. The molecule has 2 aliphatic rings. The molecule has 3 nitrogen and oxygen atoms in total. The van der Waals surface area contributed by atoms with Crippen LogP contribution in [0.15, 0.2) is 11.1 Å². The van der Waals surface area contributed by atoms with Crippen LogP contribution in [0.5, 0.6) is 0 Å². The molecular formula is C16H26O3. The van der Waals surface area contributed by atoms with E-state index in [2.05, 4.69) is 27.7 Å². The van der Waals surface area contributed by atoms with Gasteiger partial charge in [-0.2, -0.15) is 0 Å². The lowest BCUT2D eigenvalue weighted by atomic mass is 9.71. The fourth-order valence-corrected chi connectivity index (χ4v) is 3.50. The van der Waals surface area contributed by atoms with E-state index < -0.39 is 0 Å². The van der Waals surface area contributed by atoms with Crippen molar-refractivity contribution >= 4 is 5.78 Å². The summed E-state index contributed by atoms with van der Waals surface area (Å²) in [5, 5.41) is 0. The van der Waals surface area contributed by atoms with Crippen molar-refractivity contribution in [2.45, 2.75) is 65.1 Å². The molecule has 0 aromatic carbocycles. The summed E-state index contributed by atoms with van der Waals surface area (Å²) in [5.74, 6) is 0.269. The summed E-state index contributed by atoms with van der Waals surface area (Å²) >= 11 is 0. The Balaban J connectivity index is 2.31. The van der Waals surface area contributed by atoms with Gasteiger partial charge in [0.1, 0.15) is 0 Å². The van der Waals surface area contributed by atoms with Gasteiger partial charge in [0.2, 0.25) is 0 Å². The van der Waals surface area contributed by atoms with Crippen LogP contribution in [0, 0.1) is 5.41 Å². The fourth-order valence-electron chi connectivity index (χ4n) is 3.50. The Kier molecular flexibility index (Phi) is 3.90. The zero-order valence-corrected chi connectivity index (χ0v) is 12.8. The van der Waals surface area contributed by atoms with Gasteiger partial charge in [0.25, 0.3) is 0 Å². The van der Waals surface area contributed by atoms with Crippen molar-refractivity contribution in [3.05, 3.63) is 11.1 Å². The van der Waals surface area contributed by atoms with E-state index in [1.807, 2.05) is 0 Å². The van der Waals surface area contributed by atoms with Gasteiger partial charge < -0.3 is 9.47 Å². The normalized spacial score (nSPS) is 31.8. The number of carbonyl (C=O) groups is 1. The summed E-state index contributed by atoms with van der Waals surface area (Å²) in [6.45, 7) is 9.01. The summed E-state index contributed by atoms with van der Waals surface area (Å²) < 4.78 is 11.5. The van der Waals surface area contributed by atoms with Crippen LogP contribution >= 0.6 is 0 Å². The minimum Gasteiger partial charge on any atom is -0.380 e. The van der Waals surface area contributed by atoms with E-state index in [0.717, 1.165) is 24.8 Å². The maximum absolute atomic E-state index is 12.1. The standard InChI is InChI=1S/C16H26O3/c1-15(2,3)19-14-7-6-12-11(10-18-5)13(17)8-9-16(12,14)4/h14H,6-10H2,1-5H3. The fraction of sp³-hybridized carbons (Fsp3) is 0.812. The topological polar surface area (TPSA) is 35.5 Å². The number of methoxy groups -OCH3 is 1. The Morgan fingerprint density at radius 2 is 2.00 bits per heavy atom. The molecule has 0 amide bonds. The van der Waals surface area contributed by atoms with Crippen LogP contribution in [-0.2, 0) is 14.3 Å². The highest BCUT2D eigenvalue weighted by atomic mass is 16.5. The number of ether oxygens (including phenoxy) is 2. The van der Waals surface area contributed by atoms with Crippen molar-refractivity contribution in [2.24, 2.45) is 5.41 Å². The number of carbonyl (C=O) groups excluding carboxylic acids is 1. The molecule has 0 bridgehead atoms. The van der Waals surface area contributed by atoms with Crippen molar-refractivity contribution in [1.82, 2.24) is 0 Å². The van der Waals surface area contributed by atoms with Crippen LogP contribution < -0.4 is 0 Å². The number of Topliss-reactive ketones (excluding diaryl/α,β-unsaturated/α-hetero) is 1. The van der Waals surface area contributed by atoms with Crippen molar-refractivity contribution in [2.75, 3.05) is 13.7 Å². The van der Waals surface area contributed by atoms with Crippen molar-refractivity contribution in [3.8, 4) is 0 Å². The molecule has 0 N–H and O–H groups in total. The summed E-state index contributed by atoms with van der Waals surface area (Å²) in [6.07, 6.45) is 3.76. The molecule has 108 valence electrons. The molecule has 1 fully saturated rings. The summed E-state index contributed by atoms with van der Waals surface area (Å²) in [7, 11) is 1.66. The van der Waals surface area contributed by atoms with Gasteiger partial charge in [-0.05, 0) is 40.0 Å². The molecule has 0 saturated heterocycles. The van der Waals surface area contributed by atoms with Crippen LogP contribution in [0.4, 0.5) is 0 Å². The first-order valence-electron chi connectivity index (χ1n) is 7.20. The molecule has 0 aromatic rings. The number of rotatable bonds is 3. The average Bonchev–Trinajstić information content (AvgIpc) is 2.60. The van der Waals surface area contributed by atoms with Crippen molar-refractivity contribution < 1.29 is 14.3 Å². The van der Waals surface area contributed by atoms with Crippen LogP contribution in [0.3, 0.4) is 0 Å². The Morgan fingerprint density at radius 1 is 1.32 bits per heavy atom. The minimum absolute atomic E-state index is 0.0229. The van der Waals surface area contributed by atoms with Crippen LogP contribution in [0.25, 0.3) is 0 Å². The highest BCUT2D eigenvalue weighted by molar-refractivity contribution is 5.97. The summed E-state index contributed by atoms with van der Waals surface area (Å²) in [6, 6.07) is 0. The molecule has 1 saturated carbocycles. The molecule has 2 unspecified atom stereocenters. The minimum atomic E-state index is -0.133. The first-order chi connectivity index (χ1) is 8.78. The number of fused-ring (bicyclic) bond motifs is 1. The third-order valence-electron chi connectivity index (χ3n) is 4.41. The predicted octanol–water partition coefficient (Wildman–Crippen LogP) is 3.28. The highest BCUT2D eigenvalue weighted by Gasteiger charge is 2.49. The van der Waals surface area contributed by atoms with Gasteiger partial charge in [-0.15, -0.1) is 0 Å². The third kappa shape index (κ3) is 2.77. The first-order valence-corrected chi connectivity index (χ1v) is 7.20. The molecule has 0 heterocycles. The molecule has 2 aliphatic carbocycles. The third-order valence-corrected chi connectivity index (χ3v) is 4.41. The number of hydrogen-bond donors (Lipinski definition) is 0. The van der Waals surface area contributed by atoms with E-state index >= 15 is 0 Å². The first kappa shape index (κ1) is 14.7. The zero-order chi connectivity index (χ0) is 14.3. The molecule has 2 rings (SSSR count). The van der Waals surface area contributed by atoms with Gasteiger partial charge in [-0.3, -0.25) is 4.79 Å². The lowest BCUT2D eigenvalue weighted by Gasteiger charge is -2.40. The highest BCUT2D eigenvalue weighted by Crippen LogP contribution is 2.52. The van der Waals surface area contributed by atoms with Gasteiger partial charge in [-0.25, -0.2) is 0 Å². The van der Waals surface area contributed by atoms with Crippen molar-refractivity contribution in [3.63, 3.8) is 0 Å². The quantitative estimate of drug-likeness (QED) is 0.786. The second-order valence-corrected chi connectivity index (χ2v) is 6.99.